The third-order valence-electron chi connectivity index (χ3n) is 4.00. The summed E-state index contributed by atoms with van der Waals surface area (Å²) in [5, 5.41) is 0. The van der Waals surface area contributed by atoms with E-state index in [2.05, 4.69) is 11.3 Å². The van der Waals surface area contributed by atoms with Gasteiger partial charge in [0, 0.05) is 6.42 Å². The van der Waals surface area contributed by atoms with Gasteiger partial charge in [-0.25, -0.2) is 0 Å². The van der Waals surface area contributed by atoms with Crippen LogP contribution < -0.4 is 0 Å². The maximum absolute atomic E-state index is 12.6. The highest BCUT2D eigenvalue weighted by Gasteiger charge is 2.19. The van der Waals surface area contributed by atoms with Crippen molar-refractivity contribution < 1.29 is 13.2 Å². The summed E-state index contributed by atoms with van der Waals surface area (Å²) in [6.07, 6.45) is 3.97. The van der Waals surface area contributed by atoms with E-state index in [4.69, 9.17) is 4.74 Å². The first-order valence-electron chi connectivity index (χ1n) is 8.35. The first-order valence-corrected chi connectivity index (χ1v) is 9.79. The Morgan fingerprint density at radius 2 is 1.80 bits per heavy atom. The quantitative estimate of drug-likeness (QED) is 0.811. The molecule has 4 nitrogen and oxygen atoms in total. The average Bonchev–Trinajstić information content (AvgIpc) is 2.73. The summed E-state index contributed by atoms with van der Waals surface area (Å²) in [6, 6.07) is 14.5. The lowest BCUT2D eigenvalue weighted by Gasteiger charge is -2.09. The molecule has 0 bridgehead atoms. The minimum absolute atomic E-state index is 0.174. The highest BCUT2D eigenvalue weighted by molar-refractivity contribution is 7.90. The molecular weight excluding hydrogens is 334 g/mol. The maximum Gasteiger partial charge on any atom is 0.285 e. The van der Waals surface area contributed by atoms with Crippen LogP contribution in [0.15, 0.2) is 63.6 Å². The van der Waals surface area contributed by atoms with Crippen molar-refractivity contribution in [3.05, 3.63) is 71.0 Å². The first-order chi connectivity index (χ1) is 12.0. The fraction of sp³-hybridized carbons (Fsp3) is 0.250. The molecule has 0 amide bonds. The van der Waals surface area contributed by atoms with Crippen molar-refractivity contribution in [1.82, 2.24) is 0 Å². The largest absolute Gasteiger partial charge is 0.446 e. The van der Waals surface area contributed by atoms with Gasteiger partial charge in [-0.2, -0.15) is 8.42 Å². The first kappa shape index (κ1) is 17.4. The Morgan fingerprint density at radius 3 is 2.52 bits per heavy atom. The number of benzene rings is 2. The van der Waals surface area contributed by atoms with E-state index in [-0.39, 0.29) is 10.8 Å². The summed E-state index contributed by atoms with van der Waals surface area (Å²) in [5.74, 6) is 0.954. The van der Waals surface area contributed by atoms with Crippen molar-refractivity contribution in [3.8, 4) is 0 Å². The minimum atomic E-state index is -3.80. The highest BCUT2D eigenvalue weighted by atomic mass is 32.2. The number of allylic oxidation sites excluding steroid dienone is 1. The Bertz CT molecular complexity index is 926. The molecule has 130 valence electrons. The summed E-state index contributed by atoms with van der Waals surface area (Å²) < 4.78 is 35.1. The molecule has 0 fully saturated rings. The van der Waals surface area contributed by atoms with E-state index in [9.17, 15) is 8.42 Å². The molecule has 0 radical (unpaired) electrons. The predicted molar refractivity (Wildman–Crippen MR) is 99.9 cm³/mol. The molecule has 1 aliphatic rings. The normalized spacial score (nSPS) is 15.9. The van der Waals surface area contributed by atoms with Crippen LogP contribution in [0.5, 0.6) is 0 Å². The summed E-state index contributed by atoms with van der Waals surface area (Å²) in [7, 11) is -3.80. The third-order valence-corrected chi connectivity index (χ3v) is 5.31. The molecule has 1 aliphatic heterocycles. The van der Waals surface area contributed by atoms with Gasteiger partial charge < -0.3 is 4.74 Å². The van der Waals surface area contributed by atoms with Gasteiger partial charge in [-0.15, -0.1) is 4.40 Å². The SMILES string of the molecule is CCCC1=Cc2ccccc2C/C(=N\S(=O)(=O)c2ccc(C)cc2)O1. The number of nitrogens with zero attached hydrogens (tertiary/aromatic N) is 1. The molecule has 2 aromatic carbocycles. The van der Waals surface area contributed by atoms with Gasteiger partial charge in [-0.1, -0.05) is 48.9 Å². The lowest BCUT2D eigenvalue weighted by molar-refractivity contribution is 0.391. The maximum atomic E-state index is 12.6. The van der Waals surface area contributed by atoms with E-state index in [1.807, 2.05) is 37.3 Å². The molecule has 5 heteroatoms. The van der Waals surface area contributed by atoms with Crippen LogP contribution in [0.1, 0.15) is 36.5 Å². The second-order valence-electron chi connectivity index (χ2n) is 6.11. The van der Waals surface area contributed by atoms with E-state index in [0.717, 1.165) is 35.3 Å². The lowest BCUT2D eigenvalue weighted by Crippen LogP contribution is -2.11. The van der Waals surface area contributed by atoms with Crippen molar-refractivity contribution in [2.24, 2.45) is 4.40 Å². The van der Waals surface area contributed by atoms with Crippen molar-refractivity contribution in [2.45, 2.75) is 38.0 Å². The molecule has 25 heavy (non-hydrogen) atoms. The molecule has 0 aliphatic carbocycles. The molecule has 0 aromatic heterocycles. The molecular formula is C20H21NO3S. The monoisotopic (exact) mass is 355 g/mol. The minimum Gasteiger partial charge on any atom is -0.446 e. The van der Waals surface area contributed by atoms with Crippen molar-refractivity contribution in [1.29, 1.82) is 0 Å². The molecule has 1 heterocycles. The zero-order valence-corrected chi connectivity index (χ0v) is 15.2. The fourth-order valence-electron chi connectivity index (χ4n) is 2.71. The van der Waals surface area contributed by atoms with E-state index in [1.54, 1.807) is 24.3 Å². The number of rotatable bonds is 4. The van der Waals surface area contributed by atoms with Gasteiger partial charge in [0.25, 0.3) is 10.0 Å². The number of aryl methyl sites for hydroxylation is 1. The molecule has 0 N–H and O–H groups in total. The van der Waals surface area contributed by atoms with Crippen molar-refractivity contribution in [3.63, 3.8) is 0 Å². The Balaban J connectivity index is 2.00. The van der Waals surface area contributed by atoms with Crippen LogP contribution in [0.4, 0.5) is 0 Å². The van der Waals surface area contributed by atoms with Crippen LogP contribution in [-0.4, -0.2) is 14.3 Å². The topological polar surface area (TPSA) is 55.7 Å². The Morgan fingerprint density at radius 1 is 1.08 bits per heavy atom. The van der Waals surface area contributed by atoms with Gasteiger partial charge in [0.15, 0.2) is 0 Å². The van der Waals surface area contributed by atoms with Crippen LogP contribution in [0.2, 0.25) is 0 Å². The molecule has 0 atom stereocenters. The van der Waals surface area contributed by atoms with Gasteiger partial charge in [0.1, 0.15) is 5.76 Å². The zero-order valence-electron chi connectivity index (χ0n) is 14.4. The van der Waals surface area contributed by atoms with Crippen molar-refractivity contribution in [2.75, 3.05) is 0 Å². The van der Waals surface area contributed by atoms with Gasteiger partial charge >= 0.3 is 0 Å². The van der Waals surface area contributed by atoms with E-state index >= 15 is 0 Å². The standard InChI is InChI=1S/C20H21NO3S/c1-3-6-18-13-16-7-4-5-8-17(16)14-20(24-18)21-25(22,23)19-11-9-15(2)10-12-19/h4-5,7-13H,3,6,14H2,1-2H3/b21-20+. The molecule has 0 unspecified atom stereocenters. The number of ether oxygens (including phenoxy) is 1. The lowest BCUT2D eigenvalue weighted by atomic mass is 10.0. The van der Waals surface area contributed by atoms with Gasteiger partial charge in [-0.05, 0) is 42.7 Å². The Kier molecular flexibility index (Phi) is 5.04. The van der Waals surface area contributed by atoms with Crippen molar-refractivity contribution >= 4 is 22.0 Å². The smallest absolute Gasteiger partial charge is 0.285 e. The molecule has 0 spiro atoms. The number of fused-ring (bicyclic) bond motifs is 1. The van der Waals surface area contributed by atoms with E-state index < -0.39 is 10.0 Å². The number of hydrogen-bond acceptors (Lipinski definition) is 3. The molecule has 3 rings (SSSR count). The van der Waals surface area contributed by atoms with Gasteiger partial charge in [-0.3, -0.25) is 0 Å². The van der Waals surface area contributed by atoms with E-state index in [1.165, 1.54) is 0 Å². The molecule has 2 aromatic rings. The summed E-state index contributed by atoms with van der Waals surface area (Å²) in [4.78, 5) is 0.174. The zero-order chi connectivity index (χ0) is 17.9. The number of hydrogen-bond donors (Lipinski definition) is 0. The van der Waals surface area contributed by atoms with Crippen LogP contribution in [0, 0.1) is 6.92 Å². The third kappa shape index (κ3) is 4.17. The second kappa shape index (κ2) is 7.23. The van der Waals surface area contributed by atoms with Gasteiger partial charge in [0.05, 0.1) is 11.3 Å². The predicted octanol–water partition coefficient (Wildman–Crippen LogP) is 4.50. The van der Waals surface area contributed by atoms with E-state index in [0.29, 0.717) is 6.42 Å². The van der Waals surface area contributed by atoms with Crippen LogP contribution in [-0.2, 0) is 21.2 Å². The highest BCUT2D eigenvalue weighted by Crippen LogP contribution is 2.24. The Labute approximate surface area is 148 Å². The van der Waals surface area contributed by atoms with Gasteiger partial charge in [0.2, 0.25) is 5.90 Å². The average molecular weight is 355 g/mol. The Hall–Kier alpha value is -2.40. The molecule has 0 saturated carbocycles. The summed E-state index contributed by atoms with van der Waals surface area (Å²) in [6.45, 7) is 3.97. The van der Waals surface area contributed by atoms with Crippen LogP contribution >= 0.6 is 0 Å². The summed E-state index contributed by atoms with van der Waals surface area (Å²) >= 11 is 0. The molecule has 0 saturated heterocycles. The van der Waals surface area contributed by atoms with Crippen LogP contribution in [0.3, 0.4) is 0 Å². The number of sulfonamides is 1. The second-order valence-corrected chi connectivity index (χ2v) is 7.72. The summed E-state index contributed by atoms with van der Waals surface area (Å²) in [5.41, 5.74) is 3.05. The van der Waals surface area contributed by atoms with Crippen LogP contribution in [0.25, 0.3) is 6.08 Å². The fourth-order valence-corrected chi connectivity index (χ4v) is 3.66.